The highest BCUT2D eigenvalue weighted by Gasteiger charge is 2.30. The molecule has 1 fully saturated rings. The van der Waals surface area contributed by atoms with Crippen LogP contribution in [0.1, 0.15) is 35.6 Å². The van der Waals surface area contributed by atoms with Crippen LogP contribution >= 0.6 is 0 Å². The molecule has 9 heteroatoms. The lowest BCUT2D eigenvalue weighted by Gasteiger charge is -2.35. The highest BCUT2D eigenvalue weighted by Crippen LogP contribution is 2.37. The molecule has 3 heterocycles. The molecule has 2 aromatic carbocycles. The molecule has 3 amide bonds. The van der Waals surface area contributed by atoms with E-state index in [1.165, 1.54) is 0 Å². The van der Waals surface area contributed by atoms with Crippen molar-refractivity contribution in [3.63, 3.8) is 0 Å². The van der Waals surface area contributed by atoms with Crippen LogP contribution in [0.5, 0.6) is 5.75 Å². The fourth-order valence-electron chi connectivity index (χ4n) is 5.36. The molecule has 2 aromatic rings. The summed E-state index contributed by atoms with van der Waals surface area (Å²) in [5.41, 5.74) is 4.72. The second-order valence-electron chi connectivity index (χ2n) is 9.39. The van der Waals surface area contributed by atoms with Gasteiger partial charge in [-0.05, 0) is 60.2 Å². The number of nitrogens with zero attached hydrogens (tertiary/aromatic N) is 2. The Hall–Kier alpha value is -3.43. The number of aryl methyl sites for hydroxylation is 2. The zero-order valence-electron chi connectivity index (χ0n) is 20.5. The summed E-state index contributed by atoms with van der Waals surface area (Å²) in [6.07, 6.45) is 2.87. The molecule has 36 heavy (non-hydrogen) atoms. The van der Waals surface area contributed by atoms with Crippen molar-refractivity contribution in [2.45, 2.75) is 31.7 Å². The molecule has 0 aliphatic carbocycles. The maximum absolute atomic E-state index is 12.8. The van der Waals surface area contributed by atoms with Crippen molar-refractivity contribution in [3.05, 3.63) is 53.1 Å². The van der Waals surface area contributed by atoms with Gasteiger partial charge in [-0.15, -0.1) is 0 Å². The van der Waals surface area contributed by atoms with Crippen LogP contribution in [0.4, 0.5) is 11.4 Å². The molecule has 1 atom stereocenters. The van der Waals surface area contributed by atoms with E-state index in [1.807, 2.05) is 41.3 Å². The lowest BCUT2D eigenvalue weighted by atomic mass is 9.91. The predicted molar refractivity (Wildman–Crippen MR) is 135 cm³/mol. The van der Waals surface area contributed by atoms with E-state index >= 15 is 0 Å². The van der Waals surface area contributed by atoms with Gasteiger partial charge in [-0.2, -0.15) is 0 Å². The highest BCUT2D eigenvalue weighted by atomic mass is 16.5. The molecule has 9 nitrogen and oxygen atoms in total. The third-order valence-electron chi connectivity index (χ3n) is 7.18. The second-order valence-corrected chi connectivity index (χ2v) is 9.39. The van der Waals surface area contributed by atoms with Crippen LogP contribution in [0.15, 0.2) is 36.4 Å². The average Bonchev–Trinajstić information content (AvgIpc) is 2.91. The summed E-state index contributed by atoms with van der Waals surface area (Å²) < 4.78 is 10.8. The lowest BCUT2D eigenvalue weighted by Crippen LogP contribution is -2.45. The number of nitrogens with one attached hydrogen (secondary N) is 2. The standard InChI is InChI=1S/C27H32N4O5/c1-35-22-7-4-18(5-8-22)23(30-11-13-36-14-12-30)17-28-26(33)27(34)29-21-15-19-3-2-10-31-24(32)9-6-20(16-21)25(19)31/h4-5,7-8,15-16,23H,2-3,6,9-14,17H2,1H3,(H,28,33)(H,29,34). The summed E-state index contributed by atoms with van der Waals surface area (Å²) in [6.45, 7) is 3.79. The van der Waals surface area contributed by atoms with Gasteiger partial charge in [0.15, 0.2) is 0 Å². The summed E-state index contributed by atoms with van der Waals surface area (Å²) in [6, 6.07) is 11.5. The molecule has 5 rings (SSSR count). The molecule has 1 saturated heterocycles. The van der Waals surface area contributed by atoms with Gasteiger partial charge in [0.25, 0.3) is 0 Å². The molecule has 1 unspecified atom stereocenters. The van der Waals surface area contributed by atoms with Gasteiger partial charge >= 0.3 is 11.8 Å². The minimum Gasteiger partial charge on any atom is -0.497 e. The van der Waals surface area contributed by atoms with Gasteiger partial charge in [-0.25, -0.2) is 0 Å². The summed E-state index contributed by atoms with van der Waals surface area (Å²) in [4.78, 5) is 42.0. The monoisotopic (exact) mass is 492 g/mol. The second kappa shape index (κ2) is 10.7. The maximum Gasteiger partial charge on any atom is 0.313 e. The first-order chi connectivity index (χ1) is 17.5. The molecule has 3 aliphatic heterocycles. The van der Waals surface area contributed by atoms with Gasteiger partial charge in [0.05, 0.1) is 32.1 Å². The molecule has 2 N–H and O–H groups in total. The smallest absolute Gasteiger partial charge is 0.313 e. The number of ether oxygens (including phenoxy) is 2. The third-order valence-corrected chi connectivity index (χ3v) is 7.18. The summed E-state index contributed by atoms with van der Waals surface area (Å²) >= 11 is 0. The molecule has 3 aliphatic rings. The van der Waals surface area contributed by atoms with Crippen LogP contribution in [-0.4, -0.2) is 69.1 Å². The Morgan fingerprint density at radius 1 is 1.00 bits per heavy atom. The number of hydrogen-bond donors (Lipinski definition) is 2. The number of amides is 3. The number of methoxy groups -OCH3 is 1. The summed E-state index contributed by atoms with van der Waals surface area (Å²) in [7, 11) is 1.63. The van der Waals surface area contributed by atoms with Crippen LogP contribution in [0.25, 0.3) is 0 Å². The third kappa shape index (κ3) is 5.08. The van der Waals surface area contributed by atoms with E-state index in [-0.39, 0.29) is 11.9 Å². The van der Waals surface area contributed by atoms with E-state index in [2.05, 4.69) is 15.5 Å². The van der Waals surface area contributed by atoms with Crippen molar-refractivity contribution in [3.8, 4) is 5.75 Å². The SMILES string of the molecule is COc1ccc(C(CNC(=O)C(=O)Nc2cc3c4c(c2)CCC(=O)N4CCC3)N2CCOCC2)cc1. The van der Waals surface area contributed by atoms with Crippen molar-refractivity contribution in [1.82, 2.24) is 10.2 Å². The van der Waals surface area contributed by atoms with E-state index in [0.29, 0.717) is 38.3 Å². The molecule has 0 aromatic heterocycles. The molecule has 0 bridgehead atoms. The Morgan fingerprint density at radius 3 is 2.44 bits per heavy atom. The average molecular weight is 493 g/mol. The van der Waals surface area contributed by atoms with Gasteiger partial charge in [0.1, 0.15) is 5.75 Å². The minimum absolute atomic E-state index is 0.0896. The van der Waals surface area contributed by atoms with Gasteiger partial charge in [0.2, 0.25) is 5.91 Å². The first-order valence-corrected chi connectivity index (χ1v) is 12.5. The highest BCUT2D eigenvalue weighted by molar-refractivity contribution is 6.39. The van der Waals surface area contributed by atoms with E-state index in [4.69, 9.17) is 9.47 Å². The Morgan fingerprint density at radius 2 is 1.72 bits per heavy atom. The van der Waals surface area contributed by atoms with Crippen LogP contribution in [0.3, 0.4) is 0 Å². The number of benzene rings is 2. The van der Waals surface area contributed by atoms with Crippen LogP contribution in [-0.2, 0) is 32.0 Å². The van der Waals surface area contributed by atoms with Crippen molar-refractivity contribution >= 4 is 29.1 Å². The zero-order chi connectivity index (χ0) is 25.1. The van der Waals surface area contributed by atoms with Crippen LogP contribution in [0.2, 0.25) is 0 Å². The molecule has 0 spiro atoms. The Balaban J connectivity index is 1.26. The Labute approximate surface area is 210 Å². The van der Waals surface area contributed by atoms with E-state index in [9.17, 15) is 14.4 Å². The van der Waals surface area contributed by atoms with Crippen molar-refractivity contribution in [2.24, 2.45) is 0 Å². The summed E-state index contributed by atoms with van der Waals surface area (Å²) in [5, 5.41) is 5.59. The first kappa shape index (κ1) is 24.3. The number of hydrogen-bond acceptors (Lipinski definition) is 6. The van der Waals surface area contributed by atoms with Gasteiger partial charge < -0.3 is 25.0 Å². The number of anilines is 2. The fraction of sp³-hybridized carbons (Fsp3) is 0.444. The number of rotatable bonds is 6. The number of carbonyl (C=O) groups excluding carboxylic acids is 3. The van der Waals surface area contributed by atoms with Crippen LogP contribution < -0.4 is 20.3 Å². The molecule has 0 saturated carbocycles. The zero-order valence-corrected chi connectivity index (χ0v) is 20.5. The maximum atomic E-state index is 12.8. The topological polar surface area (TPSA) is 100 Å². The number of carbonyl (C=O) groups is 3. The Bertz CT molecular complexity index is 1130. The van der Waals surface area contributed by atoms with E-state index < -0.39 is 11.8 Å². The molecular weight excluding hydrogens is 460 g/mol. The largest absolute Gasteiger partial charge is 0.497 e. The van der Waals surface area contributed by atoms with E-state index in [0.717, 1.165) is 60.6 Å². The van der Waals surface area contributed by atoms with Crippen molar-refractivity contribution in [1.29, 1.82) is 0 Å². The lowest BCUT2D eigenvalue weighted by molar-refractivity contribution is -0.136. The summed E-state index contributed by atoms with van der Waals surface area (Å²) in [5.74, 6) is -0.451. The Kier molecular flexibility index (Phi) is 7.20. The normalized spacial score (nSPS) is 18.2. The van der Waals surface area contributed by atoms with Gasteiger partial charge in [-0.1, -0.05) is 12.1 Å². The van der Waals surface area contributed by atoms with Gasteiger partial charge in [0, 0.05) is 38.3 Å². The van der Waals surface area contributed by atoms with Crippen molar-refractivity contribution < 1.29 is 23.9 Å². The molecule has 190 valence electrons. The van der Waals surface area contributed by atoms with Crippen molar-refractivity contribution in [2.75, 3.05) is 56.7 Å². The molecule has 0 radical (unpaired) electrons. The van der Waals surface area contributed by atoms with Gasteiger partial charge in [-0.3, -0.25) is 19.3 Å². The molecular formula is C27H32N4O5. The minimum atomic E-state index is -0.697. The fourth-order valence-corrected chi connectivity index (χ4v) is 5.36. The quantitative estimate of drug-likeness (QED) is 0.599. The predicted octanol–water partition coefficient (Wildman–Crippen LogP) is 2.05. The first-order valence-electron chi connectivity index (χ1n) is 12.5. The van der Waals surface area contributed by atoms with Crippen LogP contribution in [0, 0.1) is 0 Å². The number of morpholine rings is 1. The van der Waals surface area contributed by atoms with E-state index in [1.54, 1.807) is 7.11 Å².